The number of carbonyl (C=O) groups is 1. The minimum Gasteiger partial charge on any atom is -0.352 e. The minimum atomic E-state index is 0.242. The lowest BCUT2D eigenvalue weighted by Gasteiger charge is -2.20. The molecule has 2 heterocycles. The summed E-state index contributed by atoms with van der Waals surface area (Å²) in [5.41, 5.74) is 0. The molecule has 4 heteroatoms. The Bertz CT molecular complexity index is 301. The van der Waals surface area contributed by atoms with Crippen molar-refractivity contribution in [2.45, 2.75) is 57.0 Å². The van der Waals surface area contributed by atoms with Crippen molar-refractivity contribution in [1.29, 1.82) is 0 Å². The number of nitrogens with zero attached hydrogens (tertiary/aromatic N) is 1. The monoisotopic (exact) mass is 265 g/mol. The Kier molecular flexibility index (Phi) is 4.38. The SMILES string of the molecule is O=C(CN1C[C@@H]2CCN[C@@H]2C1)NC1CCCCCC1. The Morgan fingerprint density at radius 2 is 1.89 bits per heavy atom. The summed E-state index contributed by atoms with van der Waals surface area (Å²) in [6.45, 7) is 3.93. The molecule has 2 saturated heterocycles. The smallest absolute Gasteiger partial charge is 0.234 e. The van der Waals surface area contributed by atoms with Gasteiger partial charge in [0, 0.05) is 25.2 Å². The summed E-state index contributed by atoms with van der Waals surface area (Å²) in [6, 6.07) is 1.08. The first-order valence-electron chi connectivity index (χ1n) is 8.06. The summed E-state index contributed by atoms with van der Waals surface area (Å²) in [7, 11) is 0. The first-order valence-corrected chi connectivity index (χ1v) is 8.06. The van der Waals surface area contributed by atoms with E-state index in [4.69, 9.17) is 0 Å². The molecule has 4 nitrogen and oxygen atoms in total. The molecule has 2 N–H and O–H groups in total. The van der Waals surface area contributed by atoms with Gasteiger partial charge in [-0.05, 0) is 31.7 Å². The van der Waals surface area contributed by atoms with Crippen LogP contribution in [0.5, 0.6) is 0 Å². The summed E-state index contributed by atoms with van der Waals surface area (Å²) < 4.78 is 0. The molecule has 0 aromatic carbocycles. The Balaban J connectivity index is 1.41. The minimum absolute atomic E-state index is 0.242. The van der Waals surface area contributed by atoms with Crippen LogP contribution in [0.25, 0.3) is 0 Å². The van der Waals surface area contributed by atoms with Crippen LogP contribution in [0.2, 0.25) is 0 Å². The molecule has 1 saturated carbocycles. The third-order valence-corrected chi connectivity index (χ3v) is 5.03. The fraction of sp³-hybridized carbons (Fsp3) is 0.933. The lowest BCUT2D eigenvalue weighted by molar-refractivity contribution is -0.122. The third kappa shape index (κ3) is 3.48. The summed E-state index contributed by atoms with van der Waals surface area (Å²) >= 11 is 0. The Labute approximate surface area is 116 Å². The van der Waals surface area contributed by atoms with Crippen LogP contribution in [0.4, 0.5) is 0 Å². The molecule has 0 aromatic heterocycles. The van der Waals surface area contributed by atoms with Gasteiger partial charge in [0.25, 0.3) is 0 Å². The van der Waals surface area contributed by atoms with E-state index in [0.717, 1.165) is 25.6 Å². The normalized spacial score (nSPS) is 33.1. The molecule has 108 valence electrons. The van der Waals surface area contributed by atoms with Crippen molar-refractivity contribution in [1.82, 2.24) is 15.5 Å². The first kappa shape index (κ1) is 13.4. The van der Waals surface area contributed by atoms with Crippen LogP contribution in [0.1, 0.15) is 44.9 Å². The molecule has 3 fully saturated rings. The number of rotatable bonds is 3. The average molecular weight is 265 g/mol. The van der Waals surface area contributed by atoms with E-state index < -0.39 is 0 Å². The highest BCUT2D eigenvalue weighted by Gasteiger charge is 2.36. The molecular formula is C15H27N3O. The van der Waals surface area contributed by atoms with E-state index in [1.807, 2.05) is 0 Å². The lowest BCUT2D eigenvalue weighted by Crippen LogP contribution is -2.42. The molecular weight excluding hydrogens is 238 g/mol. The van der Waals surface area contributed by atoms with Gasteiger partial charge in [-0.25, -0.2) is 0 Å². The van der Waals surface area contributed by atoms with Crippen molar-refractivity contribution < 1.29 is 4.79 Å². The van der Waals surface area contributed by atoms with Crippen LogP contribution in [0, 0.1) is 5.92 Å². The van der Waals surface area contributed by atoms with E-state index >= 15 is 0 Å². The fourth-order valence-electron chi connectivity index (χ4n) is 3.97. The molecule has 0 radical (unpaired) electrons. The van der Waals surface area contributed by atoms with E-state index in [1.54, 1.807) is 0 Å². The molecule has 1 amide bonds. The maximum Gasteiger partial charge on any atom is 0.234 e. The van der Waals surface area contributed by atoms with Crippen LogP contribution in [-0.4, -0.2) is 49.1 Å². The predicted molar refractivity (Wildman–Crippen MR) is 76.0 cm³/mol. The molecule has 0 aromatic rings. The molecule has 0 unspecified atom stereocenters. The second kappa shape index (κ2) is 6.23. The molecule has 2 atom stereocenters. The molecule has 1 aliphatic carbocycles. The van der Waals surface area contributed by atoms with E-state index in [2.05, 4.69) is 15.5 Å². The maximum absolute atomic E-state index is 12.1. The molecule has 0 bridgehead atoms. The number of hydrogen-bond donors (Lipinski definition) is 2. The second-order valence-electron chi connectivity index (χ2n) is 6.56. The fourth-order valence-corrected chi connectivity index (χ4v) is 3.97. The number of likely N-dealkylation sites (tertiary alicyclic amines) is 1. The zero-order chi connectivity index (χ0) is 13.1. The van der Waals surface area contributed by atoms with Crippen LogP contribution >= 0.6 is 0 Å². The van der Waals surface area contributed by atoms with E-state index in [0.29, 0.717) is 18.6 Å². The molecule has 3 aliphatic rings. The van der Waals surface area contributed by atoms with Gasteiger partial charge in [0.05, 0.1) is 6.54 Å². The van der Waals surface area contributed by atoms with Gasteiger partial charge in [-0.1, -0.05) is 25.7 Å². The van der Waals surface area contributed by atoms with E-state index in [9.17, 15) is 4.79 Å². The largest absolute Gasteiger partial charge is 0.352 e. The Morgan fingerprint density at radius 1 is 1.11 bits per heavy atom. The van der Waals surface area contributed by atoms with Gasteiger partial charge in [-0.15, -0.1) is 0 Å². The average Bonchev–Trinajstić information content (AvgIpc) is 2.83. The summed E-state index contributed by atoms with van der Waals surface area (Å²) in [4.78, 5) is 14.5. The van der Waals surface area contributed by atoms with Gasteiger partial charge in [-0.3, -0.25) is 9.69 Å². The van der Waals surface area contributed by atoms with Gasteiger partial charge in [0.2, 0.25) is 5.91 Å². The summed E-state index contributed by atoms with van der Waals surface area (Å²) in [5, 5.41) is 6.79. The van der Waals surface area contributed by atoms with Gasteiger partial charge < -0.3 is 10.6 Å². The highest BCUT2D eigenvalue weighted by atomic mass is 16.2. The number of nitrogens with one attached hydrogen (secondary N) is 2. The highest BCUT2D eigenvalue weighted by Crippen LogP contribution is 2.24. The zero-order valence-corrected chi connectivity index (χ0v) is 11.9. The zero-order valence-electron chi connectivity index (χ0n) is 11.9. The van der Waals surface area contributed by atoms with Crippen molar-refractivity contribution in [3.05, 3.63) is 0 Å². The van der Waals surface area contributed by atoms with Gasteiger partial charge in [0.1, 0.15) is 0 Å². The van der Waals surface area contributed by atoms with E-state index in [-0.39, 0.29) is 5.91 Å². The van der Waals surface area contributed by atoms with Crippen LogP contribution < -0.4 is 10.6 Å². The molecule has 19 heavy (non-hydrogen) atoms. The third-order valence-electron chi connectivity index (χ3n) is 5.03. The lowest BCUT2D eigenvalue weighted by atomic mass is 10.1. The van der Waals surface area contributed by atoms with Crippen molar-refractivity contribution >= 4 is 5.91 Å². The number of fused-ring (bicyclic) bond motifs is 1. The van der Waals surface area contributed by atoms with Crippen LogP contribution in [0.15, 0.2) is 0 Å². The number of carbonyl (C=O) groups excluding carboxylic acids is 1. The quantitative estimate of drug-likeness (QED) is 0.752. The van der Waals surface area contributed by atoms with Crippen molar-refractivity contribution in [3.8, 4) is 0 Å². The Hall–Kier alpha value is -0.610. The van der Waals surface area contributed by atoms with Gasteiger partial charge in [-0.2, -0.15) is 0 Å². The van der Waals surface area contributed by atoms with Crippen LogP contribution in [-0.2, 0) is 4.79 Å². The van der Waals surface area contributed by atoms with Crippen molar-refractivity contribution in [2.75, 3.05) is 26.2 Å². The summed E-state index contributed by atoms with van der Waals surface area (Å²) in [5.74, 6) is 1.03. The summed E-state index contributed by atoms with van der Waals surface area (Å²) in [6.07, 6.45) is 8.88. The van der Waals surface area contributed by atoms with Crippen molar-refractivity contribution in [2.24, 2.45) is 5.92 Å². The first-order chi connectivity index (χ1) is 9.31. The topological polar surface area (TPSA) is 44.4 Å². The van der Waals surface area contributed by atoms with Crippen LogP contribution in [0.3, 0.4) is 0 Å². The van der Waals surface area contributed by atoms with Gasteiger partial charge >= 0.3 is 0 Å². The number of hydrogen-bond acceptors (Lipinski definition) is 3. The number of amides is 1. The molecule has 0 spiro atoms. The van der Waals surface area contributed by atoms with Gasteiger partial charge in [0.15, 0.2) is 0 Å². The highest BCUT2D eigenvalue weighted by molar-refractivity contribution is 5.78. The Morgan fingerprint density at radius 3 is 2.63 bits per heavy atom. The van der Waals surface area contributed by atoms with Crippen molar-refractivity contribution in [3.63, 3.8) is 0 Å². The maximum atomic E-state index is 12.1. The molecule has 3 rings (SSSR count). The van der Waals surface area contributed by atoms with E-state index in [1.165, 1.54) is 44.9 Å². The second-order valence-corrected chi connectivity index (χ2v) is 6.56. The standard InChI is InChI=1S/C15H27N3O/c19-15(17-13-5-3-1-2-4-6-13)11-18-9-12-7-8-16-14(12)10-18/h12-14,16H,1-11H2,(H,17,19)/t12-,14+/m0/s1. The molecule has 2 aliphatic heterocycles. The predicted octanol–water partition coefficient (Wildman–Crippen LogP) is 1.12.